The highest BCUT2D eigenvalue weighted by atomic mass is 79.9. The molecule has 0 spiro atoms. The van der Waals surface area contributed by atoms with Crippen molar-refractivity contribution in [2.45, 2.75) is 13.1 Å². The number of aryl methyl sites for hydroxylation is 1. The van der Waals surface area contributed by atoms with Crippen LogP contribution in [0.4, 0.5) is 24.5 Å². The van der Waals surface area contributed by atoms with Crippen LogP contribution in [0.2, 0.25) is 0 Å². The number of alkyl halides is 3. The third-order valence-corrected chi connectivity index (χ3v) is 5.45. The van der Waals surface area contributed by atoms with Crippen molar-refractivity contribution in [3.63, 3.8) is 0 Å². The van der Waals surface area contributed by atoms with Crippen LogP contribution in [0.1, 0.15) is 15.9 Å². The van der Waals surface area contributed by atoms with E-state index < -0.39 is 12.1 Å². The number of piperazine rings is 1. The molecule has 6 nitrogen and oxygen atoms in total. The molecular weight excluding hydrogens is 479 g/mol. The Morgan fingerprint density at radius 3 is 2.23 bits per heavy atom. The lowest BCUT2D eigenvalue weighted by molar-refractivity contribution is -0.185. The predicted molar refractivity (Wildman–Crippen MR) is 115 cm³/mol. The van der Waals surface area contributed by atoms with Gasteiger partial charge in [-0.15, -0.1) is 0 Å². The molecular formula is C21H21BrF3N3O3. The van der Waals surface area contributed by atoms with Gasteiger partial charge in [-0.05, 0) is 48.9 Å². The minimum atomic E-state index is -4.85. The van der Waals surface area contributed by atoms with Crippen molar-refractivity contribution in [1.82, 2.24) is 4.90 Å². The third kappa shape index (κ3) is 5.30. The number of nitrogens with zero attached hydrogens (tertiary/aromatic N) is 2. The van der Waals surface area contributed by atoms with Gasteiger partial charge in [0.15, 0.2) is 0 Å². The van der Waals surface area contributed by atoms with E-state index in [1.807, 2.05) is 17.9 Å². The summed E-state index contributed by atoms with van der Waals surface area (Å²) in [4.78, 5) is 26.8. The highest BCUT2D eigenvalue weighted by molar-refractivity contribution is 9.10. The Morgan fingerprint density at radius 2 is 1.68 bits per heavy atom. The van der Waals surface area contributed by atoms with Gasteiger partial charge >= 0.3 is 12.1 Å². The van der Waals surface area contributed by atoms with Gasteiger partial charge in [0.25, 0.3) is 5.91 Å². The lowest BCUT2D eigenvalue weighted by Gasteiger charge is -2.36. The molecule has 1 aliphatic heterocycles. The van der Waals surface area contributed by atoms with Crippen LogP contribution in [-0.2, 0) is 4.79 Å². The Bertz CT molecular complexity index is 972. The molecule has 1 N–H and O–H groups in total. The van der Waals surface area contributed by atoms with Crippen LogP contribution in [0, 0.1) is 6.92 Å². The molecule has 0 aromatic heterocycles. The Labute approximate surface area is 186 Å². The lowest BCUT2D eigenvalue weighted by Crippen LogP contribution is -2.52. The van der Waals surface area contributed by atoms with Gasteiger partial charge in [-0.3, -0.25) is 9.59 Å². The Kier molecular flexibility index (Phi) is 6.78. The van der Waals surface area contributed by atoms with Gasteiger partial charge in [0.2, 0.25) is 0 Å². The number of hydrogen-bond acceptors (Lipinski definition) is 4. The van der Waals surface area contributed by atoms with Crippen molar-refractivity contribution >= 4 is 39.1 Å². The number of hydrogen-bond donors (Lipinski definition) is 1. The van der Waals surface area contributed by atoms with Gasteiger partial charge < -0.3 is 19.9 Å². The summed E-state index contributed by atoms with van der Waals surface area (Å²) in [6.07, 6.45) is -4.85. The lowest BCUT2D eigenvalue weighted by atomic mass is 10.1. The number of methoxy groups -OCH3 is 1. The molecule has 10 heteroatoms. The molecule has 2 amide bonds. The van der Waals surface area contributed by atoms with Crippen molar-refractivity contribution < 1.29 is 27.5 Å². The zero-order chi connectivity index (χ0) is 22.8. The Hall–Kier alpha value is -2.75. The molecule has 166 valence electrons. The van der Waals surface area contributed by atoms with E-state index in [0.29, 0.717) is 30.1 Å². The summed E-state index contributed by atoms with van der Waals surface area (Å²) >= 11 is 3.38. The van der Waals surface area contributed by atoms with Crippen molar-refractivity contribution in [3.8, 4) is 5.75 Å². The molecule has 1 heterocycles. The summed E-state index contributed by atoms with van der Waals surface area (Å²) in [5, 5.41) is 2.82. The van der Waals surface area contributed by atoms with Crippen molar-refractivity contribution in [2.75, 3.05) is 43.5 Å². The third-order valence-electron chi connectivity index (χ3n) is 4.99. The first kappa shape index (κ1) is 22.9. The van der Waals surface area contributed by atoms with Gasteiger partial charge in [-0.25, -0.2) is 0 Å². The van der Waals surface area contributed by atoms with E-state index in [1.165, 1.54) is 7.11 Å². The molecule has 0 aliphatic carbocycles. The fourth-order valence-electron chi connectivity index (χ4n) is 3.47. The molecule has 0 saturated carbocycles. The number of ether oxygens (including phenoxy) is 1. The SMILES string of the molecule is COc1c(C)cc(Br)cc1C(=O)Nc1ccc(N2CCN(C(=O)C(F)(F)F)CC2)cc1. The largest absolute Gasteiger partial charge is 0.496 e. The van der Waals surface area contributed by atoms with Crippen molar-refractivity contribution in [3.05, 3.63) is 52.0 Å². The fraction of sp³-hybridized carbons (Fsp3) is 0.333. The highest BCUT2D eigenvalue weighted by Gasteiger charge is 2.43. The molecule has 1 fully saturated rings. The van der Waals surface area contributed by atoms with Crippen LogP contribution in [0.25, 0.3) is 0 Å². The van der Waals surface area contributed by atoms with Crippen LogP contribution in [0.3, 0.4) is 0 Å². The molecule has 0 atom stereocenters. The number of amides is 2. The monoisotopic (exact) mass is 499 g/mol. The summed E-state index contributed by atoms with van der Waals surface area (Å²) in [5.41, 5.74) is 2.58. The fourth-order valence-corrected chi connectivity index (χ4v) is 4.04. The molecule has 0 radical (unpaired) electrons. The second-order valence-corrected chi connectivity index (χ2v) is 8.00. The molecule has 1 saturated heterocycles. The Morgan fingerprint density at radius 1 is 1.06 bits per heavy atom. The number of benzene rings is 2. The summed E-state index contributed by atoms with van der Waals surface area (Å²) in [6.45, 7) is 2.43. The minimum Gasteiger partial charge on any atom is -0.496 e. The number of anilines is 2. The van der Waals surface area contributed by atoms with E-state index in [4.69, 9.17) is 4.74 Å². The van der Waals surface area contributed by atoms with Crippen LogP contribution in [0.5, 0.6) is 5.75 Å². The number of rotatable bonds is 4. The first-order valence-electron chi connectivity index (χ1n) is 9.46. The zero-order valence-corrected chi connectivity index (χ0v) is 18.5. The van der Waals surface area contributed by atoms with E-state index in [-0.39, 0.29) is 19.0 Å². The molecule has 31 heavy (non-hydrogen) atoms. The first-order chi connectivity index (χ1) is 14.6. The maximum atomic E-state index is 12.7. The van der Waals surface area contributed by atoms with E-state index in [2.05, 4.69) is 21.2 Å². The second-order valence-electron chi connectivity index (χ2n) is 7.08. The van der Waals surface area contributed by atoms with Gasteiger partial charge in [0.1, 0.15) is 5.75 Å². The summed E-state index contributed by atoms with van der Waals surface area (Å²) in [7, 11) is 1.50. The number of nitrogens with one attached hydrogen (secondary N) is 1. The van der Waals surface area contributed by atoms with Crippen LogP contribution < -0.4 is 15.0 Å². The number of halogens is 4. The molecule has 1 aliphatic rings. The van der Waals surface area contributed by atoms with Crippen LogP contribution in [0.15, 0.2) is 40.9 Å². The molecule has 0 unspecified atom stereocenters. The molecule has 3 rings (SSSR count). The molecule has 2 aromatic rings. The van der Waals surface area contributed by atoms with Gasteiger partial charge in [0.05, 0.1) is 12.7 Å². The maximum absolute atomic E-state index is 12.7. The normalized spacial score (nSPS) is 14.4. The Balaban J connectivity index is 1.64. The van der Waals surface area contributed by atoms with Gasteiger partial charge in [-0.2, -0.15) is 13.2 Å². The topological polar surface area (TPSA) is 61.9 Å². The van der Waals surface area contributed by atoms with Crippen molar-refractivity contribution in [2.24, 2.45) is 0 Å². The van der Waals surface area contributed by atoms with Gasteiger partial charge in [-0.1, -0.05) is 15.9 Å². The van der Waals surface area contributed by atoms with E-state index in [9.17, 15) is 22.8 Å². The van der Waals surface area contributed by atoms with E-state index >= 15 is 0 Å². The number of carbonyl (C=O) groups is 2. The quantitative estimate of drug-likeness (QED) is 0.683. The first-order valence-corrected chi connectivity index (χ1v) is 10.3. The average Bonchev–Trinajstić information content (AvgIpc) is 2.72. The number of carbonyl (C=O) groups excluding carboxylic acids is 2. The van der Waals surface area contributed by atoms with E-state index in [1.54, 1.807) is 30.3 Å². The standard InChI is InChI=1S/C21H21BrF3N3O3/c1-13-11-14(22)12-17(18(13)31-2)19(29)26-15-3-5-16(6-4-15)27-7-9-28(10-8-27)20(30)21(23,24)25/h3-6,11-12H,7-10H2,1-2H3,(H,26,29). The minimum absolute atomic E-state index is 0.00113. The van der Waals surface area contributed by atoms with Crippen molar-refractivity contribution in [1.29, 1.82) is 0 Å². The zero-order valence-electron chi connectivity index (χ0n) is 16.9. The average molecular weight is 500 g/mol. The summed E-state index contributed by atoms with van der Waals surface area (Å²) in [6, 6.07) is 10.5. The second kappa shape index (κ2) is 9.17. The van der Waals surface area contributed by atoms with Crippen LogP contribution >= 0.6 is 15.9 Å². The summed E-state index contributed by atoms with van der Waals surface area (Å²) < 4.78 is 43.8. The molecule has 0 bridgehead atoms. The maximum Gasteiger partial charge on any atom is 0.471 e. The van der Waals surface area contributed by atoms with Crippen LogP contribution in [-0.4, -0.2) is 56.2 Å². The smallest absolute Gasteiger partial charge is 0.471 e. The highest BCUT2D eigenvalue weighted by Crippen LogP contribution is 2.29. The molecule has 2 aromatic carbocycles. The summed E-state index contributed by atoms with van der Waals surface area (Å²) in [5.74, 6) is -1.64. The van der Waals surface area contributed by atoms with Gasteiger partial charge in [0, 0.05) is 42.0 Å². The predicted octanol–water partition coefficient (Wildman–Crippen LogP) is 4.23. The van der Waals surface area contributed by atoms with E-state index in [0.717, 1.165) is 20.6 Å².